The highest BCUT2D eigenvalue weighted by atomic mass is 32.2. The average molecular weight is 303 g/mol. The summed E-state index contributed by atoms with van der Waals surface area (Å²) in [5.41, 5.74) is 0.808. The van der Waals surface area contributed by atoms with Crippen molar-refractivity contribution in [2.24, 2.45) is 5.92 Å². The Balaban J connectivity index is 1.60. The summed E-state index contributed by atoms with van der Waals surface area (Å²) in [5.74, 6) is 0.418. The maximum atomic E-state index is 12.2. The van der Waals surface area contributed by atoms with Crippen molar-refractivity contribution in [3.8, 4) is 0 Å². The van der Waals surface area contributed by atoms with Gasteiger partial charge in [-0.05, 0) is 43.1 Å². The molecule has 1 aromatic carbocycles. The molecule has 1 amide bonds. The van der Waals surface area contributed by atoms with Gasteiger partial charge in [0.1, 0.15) is 6.33 Å². The molecule has 1 aliphatic heterocycles. The van der Waals surface area contributed by atoms with E-state index in [0.717, 1.165) is 28.7 Å². The molecule has 7 heteroatoms. The molecule has 2 heterocycles. The maximum absolute atomic E-state index is 12.2. The molecular weight excluding hydrogens is 286 g/mol. The van der Waals surface area contributed by atoms with E-state index >= 15 is 0 Å². The van der Waals surface area contributed by atoms with Crippen LogP contribution in [-0.2, 0) is 4.79 Å². The van der Waals surface area contributed by atoms with Crippen molar-refractivity contribution in [3.05, 3.63) is 30.6 Å². The van der Waals surface area contributed by atoms with E-state index in [-0.39, 0.29) is 11.9 Å². The van der Waals surface area contributed by atoms with Crippen LogP contribution in [0, 0.1) is 5.92 Å². The number of rotatable bonds is 4. The van der Waals surface area contributed by atoms with E-state index in [0.29, 0.717) is 5.92 Å². The van der Waals surface area contributed by atoms with Gasteiger partial charge in [0.25, 0.3) is 0 Å². The normalized spacial score (nSPS) is 21.4. The van der Waals surface area contributed by atoms with Gasteiger partial charge in [0, 0.05) is 10.6 Å². The predicted molar refractivity (Wildman–Crippen MR) is 81.1 cm³/mol. The first-order chi connectivity index (χ1) is 10.2. The van der Waals surface area contributed by atoms with E-state index in [9.17, 15) is 4.79 Å². The van der Waals surface area contributed by atoms with E-state index in [1.54, 1.807) is 0 Å². The van der Waals surface area contributed by atoms with Crippen LogP contribution in [0.4, 0.5) is 5.69 Å². The van der Waals surface area contributed by atoms with Crippen LogP contribution in [0.1, 0.15) is 13.3 Å². The maximum Gasteiger partial charge on any atom is 0.241 e. The Hall–Kier alpha value is -1.86. The van der Waals surface area contributed by atoms with Crippen LogP contribution in [0.5, 0.6) is 0 Å². The third kappa shape index (κ3) is 3.43. The minimum Gasteiger partial charge on any atom is -0.325 e. The first kappa shape index (κ1) is 14.1. The van der Waals surface area contributed by atoms with Crippen molar-refractivity contribution in [1.82, 2.24) is 20.5 Å². The van der Waals surface area contributed by atoms with Gasteiger partial charge >= 0.3 is 0 Å². The summed E-state index contributed by atoms with van der Waals surface area (Å²) in [6.07, 6.45) is 2.53. The fourth-order valence-corrected chi connectivity index (χ4v) is 3.06. The molecule has 1 aromatic heterocycles. The SMILES string of the molecule is CC1CCNC1C(=O)Nc1ccc(Sc2ncn[nH]2)cc1. The monoisotopic (exact) mass is 303 g/mol. The summed E-state index contributed by atoms with van der Waals surface area (Å²) in [6.45, 7) is 3.01. The molecule has 1 fully saturated rings. The Morgan fingerprint density at radius 2 is 2.19 bits per heavy atom. The standard InChI is InChI=1S/C14H17N5OS/c1-9-6-7-15-12(9)13(20)18-10-2-4-11(5-3-10)21-14-16-8-17-19-14/h2-5,8-9,12,15H,6-7H2,1H3,(H,18,20)(H,16,17,19). The summed E-state index contributed by atoms with van der Waals surface area (Å²) in [4.78, 5) is 17.3. The highest BCUT2D eigenvalue weighted by Crippen LogP contribution is 2.25. The molecule has 0 saturated carbocycles. The van der Waals surface area contributed by atoms with Crippen molar-refractivity contribution in [2.45, 2.75) is 29.4 Å². The van der Waals surface area contributed by atoms with Crippen molar-refractivity contribution in [2.75, 3.05) is 11.9 Å². The highest BCUT2D eigenvalue weighted by molar-refractivity contribution is 7.99. The van der Waals surface area contributed by atoms with Gasteiger partial charge in [-0.25, -0.2) is 4.98 Å². The summed E-state index contributed by atoms with van der Waals surface area (Å²) in [6, 6.07) is 7.61. The number of carbonyl (C=O) groups is 1. The number of aromatic amines is 1. The second-order valence-corrected chi connectivity index (χ2v) is 6.17. The average Bonchev–Trinajstić information content (AvgIpc) is 3.12. The number of nitrogens with one attached hydrogen (secondary N) is 3. The van der Waals surface area contributed by atoms with Crippen molar-refractivity contribution in [1.29, 1.82) is 0 Å². The van der Waals surface area contributed by atoms with Gasteiger partial charge in [0.2, 0.25) is 5.91 Å². The first-order valence-corrected chi connectivity index (χ1v) is 7.71. The number of anilines is 1. The van der Waals surface area contributed by atoms with E-state index in [1.165, 1.54) is 18.1 Å². The molecular formula is C14H17N5OS. The number of carbonyl (C=O) groups excluding carboxylic acids is 1. The van der Waals surface area contributed by atoms with Gasteiger partial charge < -0.3 is 10.6 Å². The van der Waals surface area contributed by atoms with Gasteiger partial charge in [0.15, 0.2) is 5.16 Å². The molecule has 0 spiro atoms. The van der Waals surface area contributed by atoms with Crippen LogP contribution in [-0.4, -0.2) is 33.7 Å². The van der Waals surface area contributed by atoms with Crippen LogP contribution in [0.15, 0.2) is 40.6 Å². The van der Waals surface area contributed by atoms with Crippen LogP contribution in [0.3, 0.4) is 0 Å². The molecule has 6 nitrogen and oxygen atoms in total. The van der Waals surface area contributed by atoms with Crippen LogP contribution in [0.25, 0.3) is 0 Å². The third-order valence-electron chi connectivity index (χ3n) is 3.54. The lowest BCUT2D eigenvalue weighted by molar-refractivity contribution is -0.118. The van der Waals surface area contributed by atoms with E-state index in [1.807, 2.05) is 24.3 Å². The minimum absolute atomic E-state index is 0.0376. The molecule has 2 atom stereocenters. The lowest BCUT2D eigenvalue weighted by atomic mass is 10.0. The quantitative estimate of drug-likeness (QED) is 0.803. The third-order valence-corrected chi connectivity index (χ3v) is 4.44. The Labute approximate surface area is 127 Å². The Bertz CT molecular complexity index is 598. The van der Waals surface area contributed by atoms with Gasteiger partial charge in [-0.2, -0.15) is 5.10 Å². The Morgan fingerprint density at radius 3 is 2.81 bits per heavy atom. The second-order valence-electron chi connectivity index (χ2n) is 5.10. The molecule has 3 N–H and O–H groups in total. The molecule has 0 aliphatic carbocycles. The summed E-state index contributed by atoms with van der Waals surface area (Å²) in [5, 5.41) is 13.5. The van der Waals surface area contributed by atoms with Gasteiger partial charge in [0.05, 0.1) is 6.04 Å². The minimum atomic E-state index is -0.0896. The van der Waals surface area contributed by atoms with E-state index in [2.05, 4.69) is 32.7 Å². The van der Waals surface area contributed by atoms with E-state index < -0.39 is 0 Å². The van der Waals surface area contributed by atoms with Gasteiger partial charge in [-0.3, -0.25) is 9.89 Å². The molecule has 2 unspecified atom stereocenters. The topological polar surface area (TPSA) is 82.7 Å². The molecule has 2 aromatic rings. The molecule has 1 aliphatic rings. The van der Waals surface area contributed by atoms with Crippen LogP contribution in [0.2, 0.25) is 0 Å². The number of H-pyrrole nitrogens is 1. The second kappa shape index (κ2) is 6.28. The molecule has 1 saturated heterocycles. The summed E-state index contributed by atoms with van der Waals surface area (Å²) >= 11 is 1.49. The molecule has 0 radical (unpaired) electrons. The summed E-state index contributed by atoms with van der Waals surface area (Å²) < 4.78 is 0. The number of benzene rings is 1. The Morgan fingerprint density at radius 1 is 1.38 bits per heavy atom. The number of nitrogens with zero attached hydrogens (tertiary/aromatic N) is 2. The van der Waals surface area contributed by atoms with Crippen molar-refractivity contribution < 1.29 is 4.79 Å². The number of hydrogen-bond donors (Lipinski definition) is 3. The zero-order chi connectivity index (χ0) is 14.7. The highest BCUT2D eigenvalue weighted by Gasteiger charge is 2.29. The fraction of sp³-hybridized carbons (Fsp3) is 0.357. The van der Waals surface area contributed by atoms with Crippen molar-refractivity contribution in [3.63, 3.8) is 0 Å². The first-order valence-electron chi connectivity index (χ1n) is 6.90. The molecule has 110 valence electrons. The van der Waals surface area contributed by atoms with Gasteiger partial charge in [-0.15, -0.1) is 0 Å². The lowest BCUT2D eigenvalue weighted by Gasteiger charge is -2.15. The molecule has 3 rings (SSSR count). The lowest BCUT2D eigenvalue weighted by Crippen LogP contribution is -2.39. The van der Waals surface area contributed by atoms with E-state index in [4.69, 9.17) is 0 Å². The smallest absolute Gasteiger partial charge is 0.241 e. The van der Waals surface area contributed by atoms with Crippen LogP contribution < -0.4 is 10.6 Å². The number of hydrogen-bond acceptors (Lipinski definition) is 5. The number of amides is 1. The zero-order valence-electron chi connectivity index (χ0n) is 11.7. The molecule has 21 heavy (non-hydrogen) atoms. The predicted octanol–water partition coefficient (Wildman–Crippen LogP) is 1.89. The largest absolute Gasteiger partial charge is 0.325 e. The molecule has 0 bridgehead atoms. The summed E-state index contributed by atoms with van der Waals surface area (Å²) in [7, 11) is 0. The van der Waals surface area contributed by atoms with Crippen molar-refractivity contribution >= 4 is 23.4 Å². The van der Waals surface area contributed by atoms with Gasteiger partial charge in [-0.1, -0.05) is 18.7 Å². The fourth-order valence-electron chi connectivity index (χ4n) is 2.37. The van der Waals surface area contributed by atoms with Crippen LogP contribution >= 0.6 is 11.8 Å². The number of aromatic nitrogens is 3. The Kier molecular flexibility index (Phi) is 4.21. The zero-order valence-corrected chi connectivity index (χ0v) is 12.5.